The lowest BCUT2D eigenvalue weighted by atomic mass is 10.1. The summed E-state index contributed by atoms with van der Waals surface area (Å²) in [5.41, 5.74) is 0.283. The topological polar surface area (TPSA) is 84.6 Å². The standard InChI is InChI=1S/C5H12N2O3/c1-5(9,3-10-2)4(8)7-6/h9H,3,6H2,1-2H3,(H,7,8). The van der Waals surface area contributed by atoms with E-state index in [4.69, 9.17) is 10.9 Å². The average molecular weight is 148 g/mol. The summed E-state index contributed by atoms with van der Waals surface area (Å²) < 4.78 is 4.56. The van der Waals surface area contributed by atoms with Gasteiger partial charge in [-0.1, -0.05) is 0 Å². The third-order valence-corrected chi connectivity index (χ3v) is 1.05. The molecule has 0 aromatic carbocycles. The Balaban J connectivity index is 3.96. The number of hydrogen-bond acceptors (Lipinski definition) is 4. The van der Waals surface area contributed by atoms with Gasteiger partial charge in [0.25, 0.3) is 5.91 Å². The quantitative estimate of drug-likeness (QED) is 0.255. The molecule has 0 bridgehead atoms. The largest absolute Gasteiger partial charge is 0.381 e. The Morgan fingerprint density at radius 2 is 2.40 bits per heavy atom. The molecular weight excluding hydrogens is 136 g/mol. The van der Waals surface area contributed by atoms with E-state index < -0.39 is 11.5 Å². The highest BCUT2D eigenvalue weighted by molar-refractivity contribution is 5.83. The van der Waals surface area contributed by atoms with Crippen molar-refractivity contribution in [1.82, 2.24) is 5.43 Å². The zero-order chi connectivity index (χ0) is 8.20. The van der Waals surface area contributed by atoms with Gasteiger partial charge in [-0.05, 0) is 6.92 Å². The molecule has 60 valence electrons. The first-order valence-electron chi connectivity index (χ1n) is 2.77. The van der Waals surface area contributed by atoms with E-state index in [1.807, 2.05) is 5.43 Å². The highest BCUT2D eigenvalue weighted by Gasteiger charge is 2.29. The predicted octanol–water partition coefficient (Wildman–Crippen LogP) is -1.63. The van der Waals surface area contributed by atoms with Crippen LogP contribution in [0.4, 0.5) is 0 Å². The van der Waals surface area contributed by atoms with E-state index in [-0.39, 0.29) is 6.61 Å². The second kappa shape index (κ2) is 3.50. The molecule has 0 aliphatic carbocycles. The van der Waals surface area contributed by atoms with Crippen LogP contribution in [0.5, 0.6) is 0 Å². The number of ether oxygens (including phenoxy) is 1. The number of nitrogens with one attached hydrogen (secondary N) is 1. The maximum atomic E-state index is 10.7. The summed E-state index contributed by atoms with van der Waals surface area (Å²) in [6.45, 7) is 1.24. The van der Waals surface area contributed by atoms with Crippen LogP contribution in [0.3, 0.4) is 0 Å². The number of nitrogens with two attached hydrogens (primary N) is 1. The van der Waals surface area contributed by atoms with E-state index in [9.17, 15) is 4.79 Å². The molecule has 0 aromatic heterocycles. The zero-order valence-corrected chi connectivity index (χ0v) is 6.05. The van der Waals surface area contributed by atoms with E-state index >= 15 is 0 Å². The normalized spacial score (nSPS) is 16.0. The van der Waals surface area contributed by atoms with Crippen molar-refractivity contribution in [3.8, 4) is 0 Å². The molecule has 0 fully saturated rings. The summed E-state index contributed by atoms with van der Waals surface area (Å²) in [5, 5.41) is 9.17. The highest BCUT2D eigenvalue weighted by atomic mass is 16.5. The fourth-order valence-corrected chi connectivity index (χ4v) is 0.502. The number of hydrazine groups is 1. The number of carbonyl (C=O) groups excluding carboxylic acids is 1. The summed E-state index contributed by atoms with van der Waals surface area (Å²) in [6, 6.07) is 0. The van der Waals surface area contributed by atoms with Crippen LogP contribution in [0.1, 0.15) is 6.92 Å². The van der Waals surface area contributed by atoms with Gasteiger partial charge in [-0.25, -0.2) is 5.84 Å². The first-order chi connectivity index (χ1) is 4.54. The number of amides is 1. The molecule has 1 amide bonds. The first-order valence-corrected chi connectivity index (χ1v) is 2.77. The van der Waals surface area contributed by atoms with Gasteiger partial charge in [0.2, 0.25) is 0 Å². The SMILES string of the molecule is COCC(C)(O)C(=O)NN. The zero-order valence-electron chi connectivity index (χ0n) is 6.05. The van der Waals surface area contributed by atoms with Crippen molar-refractivity contribution in [2.24, 2.45) is 5.84 Å². The minimum absolute atomic E-state index is 0.0734. The minimum atomic E-state index is -1.54. The molecule has 10 heavy (non-hydrogen) atoms. The Morgan fingerprint density at radius 3 is 2.70 bits per heavy atom. The van der Waals surface area contributed by atoms with Gasteiger partial charge in [0.05, 0.1) is 6.61 Å². The van der Waals surface area contributed by atoms with Crippen molar-refractivity contribution in [1.29, 1.82) is 0 Å². The third-order valence-electron chi connectivity index (χ3n) is 1.05. The molecule has 0 saturated carbocycles. The molecule has 0 aliphatic rings. The Morgan fingerprint density at radius 1 is 1.90 bits per heavy atom. The minimum Gasteiger partial charge on any atom is -0.381 e. The van der Waals surface area contributed by atoms with Crippen LogP contribution in [0.2, 0.25) is 0 Å². The predicted molar refractivity (Wildman–Crippen MR) is 34.8 cm³/mol. The summed E-state index contributed by atoms with van der Waals surface area (Å²) in [4.78, 5) is 10.7. The second-order valence-electron chi connectivity index (χ2n) is 2.18. The average Bonchev–Trinajstić information content (AvgIpc) is 1.86. The molecule has 0 heterocycles. The van der Waals surface area contributed by atoms with Crippen molar-refractivity contribution in [2.45, 2.75) is 12.5 Å². The first kappa shape index (κ1) is 9.35. The van der Waals surface area contributed by atoms with E-state index in [1.54, 1.807) is 0 Å². The molecule has 0 spiro atoms. The van der Waals surface area contributed by atoms with Crippen LogP contribution < -0.4 is 11.3 Å². The molecule has 1 atom stereocenters. The van der Waals surface area contributed by atoms with Crippen LogP contribution in [-0.2, 0) is 9.53 Å². The van der Waals surface area contributed by atoms with Crippen LogP contribution in [0.25, 0.3) is 0 Å². The Labute approximate surface area is 59.1 Å². The highest BCUT2D eigenvalue weighted by Crippen LogP contribution is 2.01. The fraction of sp³-hybridized carbons (Fsp3) is 0.800. The van der Waals surface area contributed by atoms with E-state index in [0.29, 0.717) is 0 Å². The van der Waals surface area contributed by atoms with Crippen molar-refractivity contribution in [3.63, 3.8) is 0 Å². The molecular formula is C5H12N2O3. The Bertz CT molecular complexity index is 124. The van der Waals surface area contributed by atoms with Gasteiger partial charge in [-0.2, -0.15) is 0 Å². The molecule has 1 unspecified atom stereocenters. The van der Waals surface area contributed by atoms with Crippen molar-refractivity contribution in [3.05, 3.63) is 0 Å². The number of aliphatic hydroxyl groups is 1. The van der Waals surface area contributed by atoms with Gasteiger partial charge in [0, 0.05) is 7.11 Å². The van der Waals surface area contributed by atoms with Crippen molar-refractivity contribution in [2.75, 3.05) is 13.7 Å². The molecule has 4 N–H and O–H groups in total. The molecule has 0 aromatic rings. The second-order valence-corrected chi connectivity index (χ2v) is 2.18. The Hall–Kier alpha value is -0.650. The lowest BCUT2D eigenvalue weighted by Crippen LogP contribution is -2.50. The van der Waals surface area contributed by atoms with E-state index in [0.717, 1.165) is 0 Å². The van der Waals surface area contributed by atoms with Crippen LogP contribution >= 0.6 is 0 Å². The third kappa shape index (κ3) is 2.30. The summed E-state index contributed by atoms with van der Waals surface area (Å²) in [7, 11) is 1.39. The fourth-order valence-electron chi connectivity index (χ4n) is 0.502. The van der Waals surface area contributed by atoms with Crippen LogP contribution in [0.15, 0.2) is 0 Å². The number of hydrogen-bond donors (Lipinski definition) is 3. The number of carbonyl (C=O) groups is 1. The van der Waals surface area contributed by atoms with Gasteiger partial charge in [0.1, 0.15) is 0 Å². The van der Waals surface area contributed by atoms with Gasteiger partial charge >= 0.3 is 0 Å². The van der Waals surface area contributed by atoms with Gasteiger partial charge < -0.3 is 9.84 Å². The monoisotopic (exact) mass is 148 g/mol. The van der Waals surface area contributed by atoms with E-state index in [1.165, 1.54) is 14.0 Å². The Kier molecular flexibility index (Phi) is 3.27. The summed E-state index contributed by atoms with van der Waals surface area (Å²) in [6.07, 6.45) is 0. The summed E-state index contributed by atoms with van der Waals surface area (Å²) in [5.74, 6) is 4.12. The van der Waals surface area contributed by atoms with E-state index in [2.05, 4.69) is 4.74 Å². The van der Waals surface area contributed by atoms with Gasteiger partial charge in [-0.15, -0.1) is 0 Å². The van der Waals surface area contributed by atoms with Crippen LogP contribution in [-0.4, -0.2) is 30.3 Å². The van der Waals surface area contributed by atoms with Crippen LogP contribution in [0, 0.1) is 0 Å². The van der Waals surface area contributed by atoms with Gasteiger partial charge in [-0.3, -0.25) is 10.2 Å². The molecule has 5 nitrogen and oxygen atoms in total. The van der Waals surface area contributed by atoms with Crippen molar-refractivity contribution < 1.29 is 14.6 Å². The summed E-state index contributed by atoms with van der Waals surface area (Å²) >= 11 is 0. The molecule has 0 radical (unpaired) electrons. The van der Waals surface area contributed by atoms with Crippen molar-refractivity contribution >= 4 is 5.91 Å². The van der Waals surface area contributed by atoms with Gasteiger partial charge in [0.15, 0.2) is 5.60 Å². The molecule has 0 saturated heterocycles. The number of methoxy groups -OCH3 is 1. The molecule has 5 heteroatoms. The maximum absolute atomic E-state index is 10.7. The lowest BCUT2D eigenvalue weighted by molar-refractivity contribution is -0.143. The number of rotatable bonds is 3. The molecule has 0 rings (SSSR count). The smallest absolute Gasteiger partial charge is 0.267 e. The molecule has 0 aliphatic heterocycles. The maximum Gasteiger partial charge on any atom is 0.267 e. The lowest BCUT2D eigenvalue weighted by Gasteiger charge is -2.18.